The van der Waals surface area contributed by atoms with Crippen molar-refractivity contribution in [2.45, 2.75) is 59.0 Å². The molecule has 1 aromatic carbocycles. The molecule has 0 amide bonds. The van der Waals surface area contributed by atoms with Crippen LogP contribution < -0.4 is 14.8 Å². The van der Waals surface area contributed by atoms with Crippen molar-refractivity contribution >= 4 is 0 Å². The molecule has 1 aromatic heterocycles. The standard InChI is InChI=1S/C19H29N3O3/c1-7-10-24-15-9-8-14(11-16(15)23-6)12-20-13(2)17-21-18(22-25-17)19(3,4)5/h8-9,11,13,20H,7,10,12H2,1-6H3. The number of nitrogens with zero attached hydrogens (tertiary/aromatic N) is 2. The van der Waals surface area contributed by atoms with Gasteiger partial charge in [0.1, 0.15) is 0 Å². The average Bonchev–Trinajstić information content (AvgIpc) is 3.08. The number of rotatable bonds is 8. The fourth-order valence-electron chi connectivity index (χ4n) is 2.23. The zero-order valence-electron chi connectivity index (χ0n) is 16.0. The van der Waals surface area contributed by atoms with E-state index in [1.807, 2.05) is 25.1 Å². The Hall–Kier alpha value is -2.08. The van der Waals surface area contributed by atoms with E-state index >= 15 is 0 Å². The molecule has 138 valence electrons. The molecule has 1 heterocycles. The van der Waals surface area contributed by atoms with Crippen LogP contribution in [-0.2, 0) is 12.0 Å². The van der Waals surface area contributed by atoms with Crippen molar-refractivity contribution in [1.29, 1.82) is 0 Å². The summed E-state index contributed by atoms with van der Waals surface area (Å²) in [5.74, 6) is 2.83. The molecule has 0 spiro atoms. The van der Waals surface area contributed by atoms with Gasteiger partial charge in [-0.1, -0.05) is 38.9 Å². The molecule has 1 atom stereocenters. The highest BCUT2D eigenvalue weighted by atomic mass is 16.5. The minimum absolute atomic E-state index is 0.0365. The molecule has 0 saturated carbocycles. The first-order chi connectivity index (χ1) is 11.8. The van der Waals surface area contributed by atoms with Crippen LogP contribution in [0.1, 0.15) is 64.4 Å². The van der Waals surface area contributed by atoms with Crippen LogP contribution in [0.15, 0.2) is 22.7 Å². The highest BCUT2D eigenvalue weighted by molar-refractivity contribution is 5.43. The summed E-state index contributed by atoms with van der Waals surface area (Å²) in [6.07, 6.45) is 0.963. The fraction of sp³-hybridized carbons (Fsp3) is 0.579. The third-order valence-corrected chi connectivity index (χ3v) is 3.79. The van der Waals surface area contributed by atoms with E-state index in [-0.39, 0.29) is 11.5 Å². The van der Waals surface area contributed by atoms with Gasteiger partial charge in [-0.3, -0.25) is 0 Å². The van der Waals surface area contributed by atoms with Crippen LogP contribution in [0.25, 0.3) is 0 Å². The molecule has 0 aliphatic heterocycles. The lowest BCUT2D eigenvalue weighted by Crippen LogP contribution is -2.19. The van der Waals surface area contributed by atoms with Crippen LogP contribution in [0, 0.1) is 0 Å². The van der Waals surface area contributed by atoms with Gasteiger partial charge in [0.05, 0.1) is 19.8 Å². The Morgan fingerprint density at radius 3 is 2.60 bits per heavy atom. The van der Waals surface area contributed by atoms with Gasteiger partial charge >= 0.3 is 0 Å². The fourth-order valence-corrected chi connectivity index (χ4v) is 2.23. The summed E-state index contributed by atoms with van der Waals surface area (Å²) in [6, 6.07) is 5.92. The Morgan fingerprint density at radius 1 is 1.24 bits per heavy atom. The van der Waals surface area contributed by atoms with Crippen molar-refractivity contribution < 1.29 is 14.0 Å². The molecule has 25 heavy (non-hydrogen) atoms. The van der Waals surface area contributed by atoms with Crippen LogP contribution in [0.5, 0.6) is 11.5 Å². The van der Waals surface area contributed by atoms with Crippen LogP contribution in [-0.4, -0.2) is 23.9 Å². The minimum Gasteiger partial charge on any atom is -0.493 e. The minimum atomic E-state index is -0.122. The molecule has 1 unspecified atom stereocenters. The predicted molar refractivity (Wildman–Crippen MR) is 97.0 cm³/mol. The lowest BCUT2D eigenvalue weighted by atomic mass is 9.96. The smallest absolute Gasteiger partial charge is 0.243 e. The molecular weight excluding hydrogens is 318 g/mol. The number of hydrogen-bond acceptors (Lipinski definition) is 6. The molecule has 0 aliphatic carbocycles. The van der Waals surface area contributed by atoms with Crippen molar-refractivity contribution in [2.75, 3.05) is 13.7 Å². The number of nitrogens with one attached hydrogen (secondary N) is 1. The highest BCUT2D eigenvalue weighted by Gasteiger charge is 2.23. The van der Waals surface area contributed by atoms with Crippen LogP contribution in [0.4, 0.5) is 0 Å². The number of benzene rings is 1. The van der Waals surface area contributed by atoms with Gasteiger partial charge in [-0.25, -0.2) is 0 Å². The summed E-state index contributed by atoms with van der Waals surface area (Å²) in [5, 5.41) is 7.47. The first kappa shape index (κ1) is 19.2. The van der Waals surface area contributed by atoms with E-state index in [0.717, 1.165) is 29.3 Å². The Balaban J connectivity index is 1.99. The summed E-state index contributed by atoms with van der Waals surface area (Å²) in [6.45, 7) is 11.6. The van der Waals surface area contributed by atoms with Crippen molar-refractivity contribution in [1.82, 2.24) is 15.5 Å². The lowest BCUT2D eigenvalue weighted by molar-refractivity contribution is 0.294. The largest absolute Gasteiger partial charge is 0.493 e. The van der Waals surface area contributed by atoms with E-state index in [9.17, 15) is 0 Å². The third kappa shape index (κ3) is 5.19. The maximum Gasteiger partial charge on any atom is 0.243 e. The second kappa shape index (κ2) is 8.34. The summed E-state index contributed by atoms with van der Waals surface area (Å²) >= 11 is 0. The van der Waals surface area contributed by atoms with Crippen LogP contribution >= 0.6 is 0 Å². The van der Waals surface area contributed by atoms with Gasteiger partial charge < -0.3 is 19.3 Å². The maximum atomic E-state index is 5.68. The SMILES string of the molecule is CCCOc1ccc(CNC(C)c2nc(C(C)(C)C)no2)cc1OC. The summed E-state index contributed by atoms with van der Waals surface area (Å²) in [5.41, 5.74) is 0.978. The van der Waals surface area contributed by atoms with Gasteiger partial charge in [-0.05, 0) is 31.0 Å². The topological polar surface area (TPSA) is 69.4 Å². The van der Waals surface area contributed by atoms with Gasteiger partial charge in [0.15, 0.2) is 17.3 Å². The summed E-state index contributed by atoms with van der Waals surface area (Å²) in [7, 11) is 1.65. The molecular formula is C19H29N3O3. The van der Waals surface area contributed by atoms with Crippen LogP contribution in [0.3, 0.4) is 0 Å². The summed E-state index contributed by atoms with van der Waals surface area (Å²) < 4.78 is 16.5. The first-order valence-electron chi connectivity index (χ1n) is 8.72. The molecule has 0 fully saturated rings. The molecule has 6 nitrogen and oxygen atoms in total. The Labute approximate surface area is 149 Å². The van der Waals surface area contributed by atoms with E-state index in [0.29, 0.717) is 19.0 Å². The number of ether oxygens (including phenoxy) is 2. The lowest BCUT2D eigenvalue weighted by Gasteiger charge is -2.14. The number of methoxy groups -OCH3 is 1. The van der Waals surface area contributed by atoms with E-state index in [4.69, 9.17) is 14.0 Å². The monoisotopic (exact) mass is 347 g/mol. The molecule has 0 radical (unpaired) electrons. The van der Waals surface area contributed by atoms with E-state index < -0.39 is 0 Å². The van der Waals surface area contributed by atoms with E-state index in [1.54, 1.807) is 7.11 Å². The molecule has 1 N–H and O–H groups in total. The first-order valence-corrected chi connectivity index (χ1v) is 8.72. The summed E-state index contributed by atoms with van der Waals surface area (Å²) in [4.78, 5) is 4.49. The third-order valence-electron chi connectivity index (χ3n) is 3.79. The second-order valence-electron chi connectivity index (χ2n) is 7.14. The molecule has 6 heteroatoms. The molecule has 2 aromatic rings. The average molecular weight is 347 g/mol. The van der Waals surface area contributed by atoms with Gasteiger partial charge in [-0.2, -0.15) is 4.98 Å². The molecule has 2 rings (SSSR count). The molecule has 0 aliphatic rings. The van der Waals surface area contributed by atoms with E-state index in [2.05, 4.69) is 43.2 Å². The van der Waals surface area contributed by atoms with Crippen LogP contribution in [0.2, 0.25) is 0 Å². The normalized spacial score (nSPS) is 12.9. The molecule has 0 bridgehead atoms. The Morgan fingerprint density at radius 2 is 2.00 bits per heavy atom. The van der Waals surface area contributed by atoms with Crippen molar-refractivity contribution in [3.05, 3.63) is 35.5 Å². The van der Waals surface area contributed by atoms with Crippen molar-refractivity contribution in [3.63, 3.8) is 0 Å². The van der Waals surface area contributed by atoms with Gasteiger partial charge in [-0.15, -0.1) is 0 Å². The number of aromatic nitrogens is 2. The van der Waals surface area contributed by atoms with Gasteiger partial charge in [0.25, 0.3) is 0 Å². The predicted octanol–water partition coefficient (Wildman–Crippen LogP) is 4.02. The van der Waals surface area contributed by atoms with E-state index in [1.165, 1.54) is 0 Å². The zero-order valence-corrected chi connectivity index (χ0v) is 16.0. The van der Waals surface area contributed by atoms with Gasteiger partial charge in [0, 0.05) is 12.0 Å². The molecule has 0 saturated heterocycles. The maximum absolute atomic E-state index is 5.68. The Bertz CT molecular complexity index is 677. The van der Waals surface area contributed by atoms with Crippen molar-refractivity contribution in [3.8, 4) is 11.5 Å². The zero-order chi connectivity index (χ0) is 18.4. The van der Waals surface area contributed by atoms with Gasteiger partial charge in [0.2, 0.25) is 5.89 Å². The quantitative estimate of drug-likeness (QED) is 0.778. The Kier molecular flexibility index (Phi) is 6.42. The second-order valence-corrected chi connectivity index (χ2v) is 7.14. The van der Waals surface area contributed by atoms with Crippen molar-refractivity contribution in [2.24, 2.45) is 0 Å². The number of hydrogen-bond donors (Lipinski definition) is 1. The highest BCUT2D eigenvalue weighted by Crippen LogP contribution is 2.28.